The van der Waals surface area contributed by atoms with Crippen molar-refractivity contribution in [2.75, 3.05) is 6.61 Å². The summed E-state index contributed by atoms with van der Waals surface area (Å²) in [5, 5.41) is 0.0630. The quantitative estimate of drug-likeness (QED) is 0.863. The molecule has 0 bridgehead atoms. The van der Waals surface area contributed by atoms with Crippen molar-refractivity contribution in [3.8, 4) is 0 Å². The summed E-state index contributed by atoms with van der Waals surface area (Å²) in [5.41, 5.74) is 1.98. The third-order valence-corrected chi connectivity index (χ3v) is 5.24. The predicted molar refractivity (Wildman–Crippen MR) is 89.7 cm³/mol. The first-order chi connectivity index (χ1) is 10.7. The van der Waals surface area contributed by atoms with Gasteiger partial charge in [0.25, 0.3) is 0 Å². The van der Waals surface area contributed by atoms with Gasteiger partial charge in [0, 0.05) is 5.25 Å². The minimum atomic E-state index is -1.06. The van der Waals surface area contributed by atoms with Crippen LogP contribution < -0.4 is 0 Å². The SMILES string of the molecule is CC(C)[S@@](=O)c1ccccc1C1=N[C@H](c2ccccc2)CO1. The van der Waals surface area contributed by atoms with Crippen LogP contribution in [0.2, 0.25) is 0 Å². The van der Waals surface area contributed by atoms with Gasteiger partial charge in [-0.05, 0) is 17.7 Å². The molecule has 0 N–H and O–H groups in total. The zero-order chi connectivity index (χ0) is 15.5. The fraction of sp³-hybridized carbons (Fsp3) is 0.278. The molecule has 0 fully saturated rings. The molecule has 114 valence electrons. The van der Waals surface area contributed by atoms with E-state index in [1.165, 1.54) is 0 Å². The Kier molecular flexibility index (Phi) is 4.39. The number of hydrogen-bond donors (Lipinski definition) is 0. The van der Waals surface area contributed by atoms with Gasteiger partial charge in [-0.15, -0.1) is 0 Å². The molecule has 3 rings (SSSR count). The molecule has 0 unspecified atom stereocenters. The number of ether oxygens (including phenoxy) is 1. The van der Waals surface area contributed by atoms with Crippen molar-refractivity contribution < 1.29 is 8.95 Å². The maximum Gasteiger partial charge on any atom is 0.218 e. The summed E-state index contributed by atoms with van der Waals surface area (Å²) < 4.78 is 18.3. The molecule has 0 saturated carbocycles. The minimum absolute atomic E-state index is 0.0109. The van der Waals surface area contributed by atoms with Crippen LogP contribution in [0.15, 0.2) is 64.5 Å². The van der Waals surface area contributed by atoms with E-state index in [0.29, 0.717) is 12.5 Å². The number of aliphatic imine (C=N–C) groups is 1. The first-order valence-corrected chi connectivity index (χ1v) is 8.63. The highest BCUT2D eigenvalue weighted by Crippen LogP contribution is 2.27. The van der Waals surface area contributed by atoms with E-state index in [1.54, 1.807) is 0 Å². The Morgan fingerprint density at radius 3 is 2.50 bits per heavy atom. The average molecular weight is 313 g/mol. The van der Waals surface area contributed by atoms with E-state index in [4.69, 9.17) is 9.73 Å². The van der Waals surface area contributed by atoms with Gasteiger partial charge in [0.15, 0.2) is 0 Å². The Bertz CT molecular complexity index is 710. The van der Waals surface area contributed by atoms with Crippen LogP contribution in [0, 0.1) is 0 Å². The second kappa shape index (κ2) is 6.44. The normalized spacial score (nSPS) is 18.9. The highest BCUT2D eigenvalue weighted by Gasteiger charge is 2.25. The summed E-state index contributed by atoms with van der Waals surface area (Å²) in [7, 11) is -1.06. The molecule has 0 amide bonds. The lowest BCUT2D eigenvalue weighted by molar-refractivity contribution is 0.319. The van der Waals surface area contributed by atoms with E-state index in [9.17, 15) is 4.21 Å². The maximum atomic E-state index is 12.5. The topological polar surface area (TPSA) is 38.7 Å². The first kappa shape index (κ1) is 15.0. The highest BCUT2D eigenvalue weighted by atomic mass is 32.2. The van der Waals surface area contributed by atoms with E-state index >= 15 is 0 Å². The Balaban J connectivity index is 1.94. The largest absolute Gasteiger partial charge is 0.475 e. The summed E-state index contributed by atoms with van der Waals surface area (Å²) in [5.74, 6) is 0.596. The lowest BCUT2D eigenvalue weighted by Crippen LogP contribution is -2.12. The monoisotopic (exact) mass is 313 g/mol. The van der Waals surface area contributed by atoms with Crippen LogP contribution in [0.25, 0.3) is 0 Å². The molecular weight excluding hydrogens is 294 g/mol. The van der Waals surface area contributed by atoms with Crippen LogP contribution in [0.5, 0.6) is 0 Å². The first-order valence-electron chi connectivity index (χ1n) is 7.42. The van der Waals surface area contributed by atoms with Crippen LogP contribution in [0.3, 0.4) is 0 Å². The summed E-state index contributed by atoms with van der Waals surface area (Å²) in [6.45, 7) is 4.44. The molecule has 1 heterocycles. The molecule has 22 heavy (non-hydrogen) atoms. The van der Waals surface area contributed by atoms with Gasteiger partial charge in [0.1, 0.15) is 12.6 Å². The Morgan fingerprint density at radius 2 is 1.77 bits per heavy atom. The molecule has 0 spiro atoms. The molecular formula is C18H19NO2S. The van der Waals surface area contributed by atoms with Gasteiger partial charge >= 0.3 is 0 Å². The molecule has 2 atom stereocenters. The van der Waals surface area contributed by atoms with Gasteiger partial charge in [-0.3, -0.25) is 4.21 Å². The van der Waals surface area contributed by atoms with Crippen LogP contribution in [0.4, 0.5) is 0 Å². The van der Waals surface area contributed by atoms with E-state index in [2.05, 4.69) is 12.1 Å². The average Bonchev–Trinajstić information content (AvgIpc) is 3.05. The minimum Gasteiger partial charge on any atom is -0.475 e. The Morgan fingerprint density at radius 1 is 1.09 bits per heavy atom. The Labute approximate surface area is 133 Å². The molecule has 1 aliphatic rings. The fourth-order valence-electron chi connectivity index (χ4n) is 2.44. The third kappa shape index (κ3) is 2.97. The van der Waals surface area contributed by atoms with Crippen molar-refractivity contribution in [1.82, 2.24) is 0 Å². The number of rotatable bonds is 4. The van der Waals surface area contributed by atoms with Crippen molar-refractivity contribution in [2.45, 2.75) is 30.0 Å². The smallest absolute Gasteiger partial charge is 0.218 e. The molecule has 0 aromatic heterocycles. The van der Waals surface area contributed by atoms with E-state index < -0.39 is 10.8 Å². The number of benzene rings is 2. The highest BCUT2D eigenvalue weighted by molar-refractivity contribution is 7.85. The van der Waals surface area contributed by atoms with Crippen LogP contribution >= 0.6 is 0 Å². The second-order valence-corrected chi connectivity index (χ2v) is 7.49. The summed E-state index contributed by atoms with van der Waals surface area (Å²) in [6.07, 6.45) is 0. The fourth-order valence-corrected chi connectivity index (χ4v) is 3.53. The lowest BCUT2D eigenvalue weighted by Gasteiger charge is -2.10. The molecule has 0 aliphatic carbocycles. The number of nitrogens with zero attached hydrogens (tertiary/aromatic N) is 1. The third-order valence-electron chi connectivity index (χ3n) is 3.60. The van der Waals surface area contributed by atoms with Crippen molar-refractivity contribution in [3.63, 3.8) is 0 Å². The van der Waals surface area contributed by atoms with Gasteiger partial charge < -0.3 is 4.74 Å². The van der Waals surface area contributed by atoms with Crippen molar-refractivity contribution in [2.24, 2.45) is 4.99 Å². The molecule has 2 aromatic rings. The summed E-state index contributed by atoms with van der Waals surface area (Å²) >= 11 is 0. The van der Waals surface area contributed by atoms with E-state index in [1.807, 2.05) is 56.3 Å². The molecule has 4 heteroatoms. The zero-order valence-corrected chi connectivity index (χ0v) is 13.5. The van der Waals surface area contributed by atoms with E-state index in [-0.39, 0.29) is 11.3 Å². The second-order valence-electron chi connectivity index (χ2n) is 5.51. The Hall–Kier alpha value is -1.94. The van der Waals surface area contributed by atoms with Gasteiger partial charge in [-0.2, -0.15) is 0 Å². The predicted octanol–water partition coefficient (Wildman–Crippen LogP) is 3.72. The molecule has 3 nitrogen and oxygen atoms in total. The molecule has 0 saturated heterocycles. The van der Waals surface area contributed by atoms with Crippen molar-refractivity contribution in [3.05, 3.63) is 65.7 Å². The standard InChI is InChI=1S/C18H19NO2S/c1-13(2)22(20)17-11-7-6-10-15(17)18-19-16(12-21-18)14-8-4-3-5-9-14/h3-11,13,16H,12H2,1-2H3/t16-,22+/m0/s1. The maximum absolute atomic E-state index is 12.5. The summed E-state index contributed by atoms with van der Waals surface area (Å²) in [6, 6.07) is 17.8. The molecule has 2 aromatic carbocycles. The van der Waals surface area contributed by atoms with Crippen LogP contribution in [-0.2, 0) is 15.5 Å². The van der Waals surface area contributed by atoms with Gasteiger partial charge in [0.2, 0.25) is 5.90 Å². The lowest BCUT2D eigenvalue weighted by atomic mass is 10.1. The van der Waals surface area contributed by atoms with Crippen molar-refractivity contribution in [1.29, 1.82) is 0 Å². The van der Waals surface area contributed by atoms with Gasteiger partial charge in [-0.25, -0.2) is 4.99 Å². The van der Waals surface area contributed by atoms with Crippen molar-refractivity contribution >= 4 is 16.7 Å². The van der Waals surface area contributed by atoms with Gasteiger partial charge in [-0.1, -0.05) is 56.3 Å². The van der Waals surface area contributed by atoms with Crippen LogP contribution in [0.1, 0.15) is 31.0 Å². The van der Waals surface area contributed by atoms with Gasteiger partial charge in [0.05, 0.1) is 21.3 Å². The summed E-state index contributed by atoms with van der Waals surface area (Å²) in [4.78, 5) is 5.49. The zero-order valence-electron chi connectivity index (χ0n) is 12.7. The molecule has 1 aliphatic heterocycles. The van der Waals surface area contributed by atoms with E-state index in [0.717, 1.165) is 16.0 Å². The number of hydrogen-bond acceptors (Lipinski definition) is 3. The molecule has 0 radical (unpaired) electrons. The van der Waals surface area contributed by atoms with Crippen LogP contribution in [-0.4, -0.2) is 22.0 Å².